The summed E-state index contributed by atoms with van der Waals surface area (Å²) in [6, 6.07) is 2.50. The topological polar surface area (TPSA) is 37.4 Å². The van der Waals surface area contributed by atoms with Crippen LogP contribution in [-0.4, -0.2) is 24.8 Å². The van der Waals surface area contributed by atoms with Gasteiger partial charge in [0.25, 0.3) is 0 Å². The molecule has 0 saturated carbocycles. The number of benzene rings is 1. The highest BCUT2D eigenvalue weighted by Gasteiger charge is 2.42. The Balaban J connectivity index is 2.03. The Morgan fingerprint density at radius 3 is 2.63 bits per heavy atom. The van der Waals surface area contributed by atoms with Gasteiger partial charge in [-0.1, -0.05) is 12.2 Å². The molecule has 2 atom stereocenters. The largest absolute Gasteiger partial charge is 0.243 e. The van der Waals surface area contributed by atoms with Gasteiger partial charge in [-0.3, -0.25) is 0 Å². The molecule has 0 aliphatic carbocycles. The highest BCUT2D eigenvalue weighted by Crippen LogP contribution is 2.36. The van der Waals surface area contributed by atoms with Gasteiger partial charge in [0, 0.05) is 12.1 Å². The smallest absolute Gasteiger partial charge is 0.207 e. The van der Waals surface area contributed by atoms with E-state index in [1.807, 2.05) is 12.2 Å². The Hall–Kier alpha value is -1.27. The minimum Gasteiger partial charge on any atom is -0.207 e. The van der Waals surface area contributed by atoms with Crippen LogP contribution >= 0.6 is 0 Å². The van der Waals surface area contributed by atoms with Gasteiger partial charge in [-0.05, 0) is 37.5 Å². The van der Waals surface area contributed by atoms with Gasteiger partial charge in [0.1, 0.15) is 0 Å². The maximum absolute atomic E-state index is 13.2. The van der Waals surface area contributed by atoms with Gasteiger partial charge in [-0.15, -0.1) is 0 Å². The van der Waals surface area contributed by atoms with Crippen molar-refractivity contribution < 1.29 is 17.2 Å². The van der Waals surface area contributed by atoms with Crippen LogP contribution in [0.1, 0.15) is 19.3 Å². The van der Waals surface area contributed by atoms with Gasteiger partial charge in [-0.25, -0.2) is 17.2 Å². The van der Waals surface area contributed by atoms with Crippen molar-refractivity contribution in [3.8, 4) is 0 Å². The van der Waals surface area contributed by atoms with Crippen molar-refractivity contribution >= 4 is 10.0 Å². The summed E-state index contributed by atoms with van der Waals surface area (Å²) in [5.74, 6) is -2.18. The molecule has 2 heterocycles. The molecule has 0 aromatic heterocycles. The van der Waals surface area contributed by atoms with Gasteiger partial charge < -0.3 is 0 Å². The van der Waals surface area contributed by atoms with Crippen LogP contribution in [-0.2, 0) is 10.0 Å². The predicted molar refractivity (Wildman–Crippen MR) is 65.9 cm³/mol. The standard InChI is InChI=1S/C13H13F2NO2S/c14-12-7-6-11(8-13(12)15)19(17,18)16-9-2-1-3-10(16)5-4-9/h1-2,6-10H,3-5H2/t9-,10-/m0/s1. The van der Waals surface area contributed by atoms with Crippen molar-refractivity contribution in [3.05, 3.63) is 42.0 Å². The van der Waals surface area contributed by atoms with Crippen molar-refractivity contribution in [2.45, 2.75) is 36.2 Å². The van der Waals surface area contributed by atoms with Crippen LogP contribution in [0.3, 0.4) is 0 Å². The van der Waals surface area contributed by atoms with Crippen LogP contribution in [0.4, 0.5) is 8.78 Å². The number of rotatable bonds is 2. The highest BCUT2D eigenvalue weighted by molar-refractivity contribution is 7.89. The lowest BCUT2D eigenvalue weighted by molar-refractivity contribution is 0.341. The second-order valence-corrected chi connectivity index (χ2v) is 6.72. The van der Waals surface area contributed by atoms with E-state index in [4.69, 9.17) is 0 Å². The number of sulfonamides is 1. The van der Waals surface area contributed by atoms with Crippen LogP contribution in [0.2, 0.25) is 0 Å². The second kappa shape index (κ2) is 4.38. The third kappa shape index (κ3) is 1.99. The molecular formula is C13H13F2NO2S. The van der Waals surface area contributed by atoms with Gasteiger partial charge in [0.15, 0.2) is 11.6 Å². The molecule has 2 bridgehead atoms. The molecule has 1 fully saturated rings. The molecule has 0 amide bonds. The number of hydrogen-bond acceptors (Lipinski definition) is 2. The van der Waals surface area contributed by atoms with E-state index in [2.05, 4.69) is 0 Å². The molecule has 0 spiro atoms. The van der Waals surface area contributed by atoms with Crippen LogP contribution in [0.25, 0.3) is 0 Å². The number of halogens is 2. The SMILES string of the molecule is O=S(=O)(c1ccc(F)c(F)c1)N1[C@H]2CC=C[C@H]1CC2. The van der Waals surface area contributed by atoms with Crippen molar-refractivity contribution in [1.82, 2.24) is 4.31 Å². The third-order valence-electron chi connectivity index (χ3n) is 3.72. The lowest BCUT2D eigenvalue weighted by Crippen LogP contribution is -2.42. The Labute approximate surface area is 110 Å². The van der Waals surface area contributed by atoms with Crippen molar-refractivity contribution in [3.63, 3.8) is 0 Å². The normalized spacial score (nSPS) is 26.8. The fourth-order valence-electron chi connectivity index (χ4n) is 2.82. The van der Waals surface area contributed by atoms with Crippen molar-refractivity contribution in [2.75, 3.05) is 0 Å². The van der Waals surface area contributed by atoms with E-state index in [9.17, 15) is 17.2 Å². The van der Waals surface area contributed by atoms with E-state index in [0.717, 1.165) is 31.0 Å². The average Bonchev–Trinajstić information content (AvgIpc) is 2.64. The number of hydrogen-bond donors (Lipinski definition) is 0. The van der Waals surface area contributed by atoms with E-state index < -0.39 is 21.7 Å². The maximum atomic E-state index is 13.2. The zero-order chi connectivity index (χ0) is 13.6. The molecule has 0 unspecified atom stereocenters. The maximum Gasteiger partial charge on any atom is 0.243 e. The van der Waals surface area contributed by atoms with Gasteiger partial charge in [-0.2, -0.15) is 4.31 Å². The van der Waals surface area contributed by atoms with Gasteiger partial charge >= 0.3 is 0 Å². The van der Waals surface area contributed by atoms with E-state index in [0.29, 0.717) is 6.42 Å². The Morgan fingerprint density at radius 2 is 1.95 bits per heavy atom. The Morgan fingerprint density at radius 1 is 1.16 bits per heavy atom. The fraction of sp³-hybridized carbons (Fsp3) is 0.385. The van der Waals surface area contributed by atoms with E-state index in [-0.39, 0.29) is 17.0 Å². The molecule has 1 aromatic carbocycles. The molecule has 0 radical (unpaired) electrons. The molecule has 102 valence electrons. The first-order valence-electron chi connectivity index (χ1n) is 6.15. The lowest BCUT2D eigenvalue weighted by atomic mass is 10.2. The molecule has 1 aromatic rings. The first-order chi connectivity index (χ1) is 9.00. The van der Waals surface area contributed by atoms with Crippen molar-refractivity contribution in [1.29, 1.82) is 0 Å². The zero-order valence-electron chi connectivity index (χ0n) is 10.1. The van der Waals surface area contributed by atoms with Crippen molar-refractivity contribution in [2.24, 2.45) is 0 Å². The molecule has 19 heavy (non-hydrogen) atoms. The summed E-state index contributed by atoms with van der Waals surface area (Å²) < 4.78 is 52.6. The molecule has 2 aliphatic heterocycles. The minimum absolute atomic E-state index is 0.0619. The quantitative estimate of drug-likeness (QED) is 0.783. The predicted octanol–water partition coefficient (Wildman–Crippen LogP) is 2.45. The first-order valence-corrected chi connectivity index (χ1v) is 7.59. The number of fused-ring (bicyclic) bond motifs is 2. The monoisotopic (exact) mass is 285 g/mol. The summed E-state index contributed by atoms with van der Waals surface area (Å²) in [6.45, 7) is 0. The van der Waals surface area contributed by atoms with E-state index >= 15 is 0 Å². The van der Waals surface area contributed by atoms with E-state index in [1.165, 1.54) is 4.31 Å². The van der Waals surface area contributed by atoms with Crippen LogP contribution in [0.15, 0.2) is 35.2 Å². The van der Waals surface area contributed by atoms with Crippen LogP contribution in [0.5, 0.6) is 0 Å². The summed E-state index contributed by atoms with van der Waals surface area (Å²) in [7, 11) is -3.76. The first kappa shape index (κ1) is 12.7. The molecule has 2 aliphatic rings. The van der Waals surface area contributed by atoms with Crippen LogP contribution < -0.4 is 0 Å². The van der Waals surface area contributed by atoms with E-state index in [1.54, 1.807) is 0 Å². The summed E-state index contributed by atoms with van der Waals surface area (Å²) in [5.41, 5.74) is 0. The summed E-state index contributed by atoms with van der Waals surface area (Å²) >= 11 is 0. The highest BCUT2D eigenvalue weighted by atomic mass is 32.2. The number of nitrogens with zero attached hydrogens (tertiary/aromatic N) is 1. The summed E-state index contributed by atoms with van der Waals surface area (Å²) in [4.78, 5) is -0.182. The minimum atomic E-state index is -3.76. The molecule has 0 N–H and O–H groups in total. The summed E-state index contributed by atoms with van der Waals surface area (Å²) in [6.07, 6.45) is 6.13. The molecular weight excluding hydrogens is 272 g/mol. The third-order valence-corrected chi connectivity index (χ3v) is 5.69. The Bertz CT molecular complexity index is 642. The molecule has 3 nitrogen and oxygen atoms in total. The fourth-order valence-corrected chi connectivity index (χ4v) is 4.67. The molecule has 3 rings (SSSR count). The molecule has 1 saturated heterocycles. The second-order valence-electron chi connectivity index (χ2n) is 4.87. The zero-order valence-corrected chi connectivity index (χ0v) is 10.9. The Kier molecular flexibility index (Phi) is 2.94. The van der Waals surface area contributed by atoms with Gasteiger partial charge in [0.2, 0.25) is 10.0 Å². The van der Waals surface area contributed by atoms with Gasteiger partial charge in [0.05, 0.1) is 4.90 Å². The van der Waals surface area contributed by atoms with Crippen LogP contribution in [0, 0.1) is 11.6 Å². The lowest BCUT2D eigenvalue weighted by Gasteiger charge is -2.30. The molecule has 6 heteroatoms. The average molecular weight is 285 g/mol. The summed E-state index contributed by atoms with van der Waals surface area (Å²) in [5, 5.41) is 0.